The zero-order chi connectivity index (χ0) is 15.4. The molecule has 1 aromatic carbocycles. The van der Waals surface area contributed by atoms with Crippen LogP contribution in [-0.2, 0) is 22.4 Å². The predicted octanol–water partition coefficient (Wildman–Crippen LogP) is 1.62. The molecule has 0 saturated heterocycles. The van der Waals surface area contributed by atoms with Crippen LogP contribution >= 0.6 is 0 Å². The number of hydrogen-bond donors (Lipinski definition) is 2. The number of guanidine groups is 1. The lowest BCUT2D eigenvalue weighted by Crippen LogP contribution is -2.43. The van der Waals surface area contributed by atoms with Gasteiger partial charge in [-0.25, -0.2) is 4.90 Å². The van der Waals surface area contributed by atoms with E-state index in [1.165, 1.54) is 17.2 Å². The minimum atomic E-state index is -0.713. The molecule has 0 atom stereocenters. The Morgan fingerprint density at radius 3 is 2.71 bits per heavy atom. The average molecular weight is 283 g/mol. The number of hydrogen-bond acceptors (Lipinski definition) is 3. The van der Waals surface area contributed by atoms with E-state index >= 15 is 0 Å². The van der Waals surface area contributed by atoms with Gasteiger partial charge in [0.05, 0.1) is 0 Å². The minimum Gasteiger partial charge on any atom is -0.369 e. The number of amides is 2. The van der Waals surface area contributed by atoms with Gasteiger partial charge in [-0.15, -0.1) is 0 Å². The van der Waals surface area contributed by atoms with Crippen molar-refractivity contribution in [2.24, 2.45) is 5.73 Å². The van der Waals surface area contributed by atoms with Crippen molar-refractivity contribution in [2.75, 3.05) is 0 Å². The van der Waals surface area contributed by atoms with Crippen LogP contribution in [0.1, 0.15) is 23.1 Å². The van der Waals surface area contributed by atoms with Crippen LogP contribution in [0.15, 0.2) is 36.9 Å². The van der Waals surface area contributed by atoms with Crippen LogP contribution in [0.5, 0.6) is 0 Å². The van der Waals surface area contributed by atoms with Crippen molar-refractivity contribution in [1.82, 2.24) is 4.90 Å². The summed E-state index contributed by atoms with van der Waals surface area (Å²) in [6.45, 7) is 3.29. The van der Waals surface area contributed by atoms with Crippen molar-refractivity contribution in [3.8, 4) is 0 Å². The van der Waals surface area contributed by atoms with E-state index < -0.39 is 17.8 Å². The number of nitrogens with zero attached hydrogens (tertiary/aromatic N) is 1. The number of nitrogens with two attached hydrogens (primary N) is 1. The second-order valence-corrected chi connectivity index (χ2v) is 4.77. The van der Waals surface area contributed by atoms with Gasteiger partial charge < -0.3 is 5.73 Å². The highest BCUT2D eigenvalue weighted by atomic mass is 16.2. The number of fused-ring (bicyclic) bond motifs is 1. The van der Waals surface area contributed by atoms with Gasteiger partial charge in [0, 0.05) is 6.08 Å². The van der Waals surface area contributed by atoms with E-state index in [0.717, 1.165) is 30.9 Å². The fourth-order valence-electron chi connectivity index (χ4n) is 2.48. The van der Waals surface area contributed by atoms with E-state index in [2.05, 4.69) is 12.6 Å². The highest BCUT2D eigenvalue weighted by Crippen LogP contribution is 2.25. The summed E-state index contributed by atoms with van der Waals surface area (Å²) in [4.78, 5) is 24.1. The molecule has 5 nitrogen and oxygen atoms in total. The quantitative estimate of drug-likeness (QED) is 0.502. The summed E-state index contributed by atoms with van der Waals surface area (Å²) in [5.74, 6) is -1.98. The summed E-state index contributed by atoms with van der Waals surface area (Å²) in [6.07, 6.45) is 7.04. The van der Waals surface area contributed by atoms with Gasteiger partial charge >= 0.3 is 0 Å². The Morgan fingerprint density at radius 1 is 1.29 bits per heavy atom. The van der Waals surface area contributed by atoms with Gasteiger partial charge in [0.15, 0.2) is 0 Å². The zero-order valence-corrected chi connectivity index (χ0v) is 11.6. The number of aryl methyl sites for hydroxylation is 1. The molecule has 0 unspecified atom stereocenters. The van der Waals surface area contributed by atoms with Gasteiger partial charge in [-0.3, -0.25) is 15.0 Å². The third kappa shape index (κ3) is 3.08. The first kappa shape index (κ1) is 14.7. The molecular formula is C16H17N3O2. The molecule has 0 bridgehead atoms. The van der Waals surface area contributed by atoms with Crippen molar-refractivity contribution < 1.29 is 9.59 Å². The van der Waals surface area contributed by atoms with Gasteiger partial charge in [0.2, 0.25) is 5.96 Å². The third-order valence-corrected chi connectivity index (χ3v) is 3.44. The van der Waals surface area contributed by atoms with Crippen molar-refractivity contribution >= 4 is 23.8 Å². The smallest absolute Gasteiger partial charge is 0.260 e. The monoisotopic (exact) mass is 283 g/mol. The van der Waals surface area contributed by atoms with Crippen LogP contribution in [0.2, 0.25) is 0 Å². The maximum absolute atomic E-state index is 12.0. The van der Waals surface area contributed by atoms with Gasteiger partial charge in [-0.05, 0) is 48.1 Å². The van der Waals surface area contributed by atoms with Gasteiger partial charge in [0.25, 0.3) is 11.8 Å². The molecule has 0 fully saturated rings. The summed E-state index contributed by atoms with van der Waals surface area (Å²) < 4.78 is 0. The van der Waals surface area contributed by atoms with E-state index in [0.29, 0.717) is 4.90 Å². The molecule has 5 heteroatoms. The molecule has 0 heterocycles. The molecule has 0 aliphatic heterocycles. The summed E-state index contributed by atoms with van der Waals surface area (Å²) >= 11 is 0. The Hall–Kier alpha value is -2.69. The maximum Gasteiger partial charge on any atom is 0.260 e. The van der Waals surface area contributed by atoms with Gasteiger partial charge in [-0.1, -0.05) is 24.8 Å². The first-order valence-corrected chi connectivity index (χ1v) is 6.68. The molecule has 2 amide bonds. The van der Waals surface area contributed by atoms with Crippen LogP contribution in [0, 0.1) is 5.41 Å². The van der Waals surface area contributed by atoms with Gasteiger partial charge in [-0.2, -0.15) is 0 Å². The molecule has 1 aliphatic carbocycles. The summed E-state index contributed by atoms with van der Waals surface area (Å²) in [5.41, 5.74) is 8.77. The van der Waals surface area contributed by atoms with E-state index in [1.54, 1.807) is 6.08 Å². The van der Waals surface area contributed by atoms with Crippen molar-refractivity contribution in [1.29, 1.82) is 5.41 Å². The molecule has 0 aromatic heterocycles. The van der Waals surface area contributed by atoms with E-state index in [-0.39, 0.29) is 0 Å². The highest BCUT2D eigenvalue weighted by molar-refractivity contribution is 6.17. The normalized spacial score (nSPS) is 13.0. The molecule has 0 spiro atoms. The van der Waals surface area contributed by atoms with E-state index in [9.17, 15) is 9.59 Å². The summed E-state index contributed by atoms with van der Waals surface area (Å²) in [7, 11) is 0. The highest BCUT2D eigenvalue weighted by Gasteiger charge is 2.20. The van der Waals surface area contributed by atoms with Crippen LogP contribution < -0.4 is 5.73 Å². The molecule has 0 saturated carbocycles. The molecule has 1 aliphatic rings. The SMILES string of the molecule is C=CC(=O)N(C(=N)N)C(=O)C=Cc1cccc2c1CCC2. The first-order chi connectivity index (χ1) is 10.0. The van der Waals surface area contributed by atoms with E-state index in [4.69, 9.17) is 11.1 Å². The van der Waals surface area contributed by atoms with Crippen LogP contribution in [0.3, 0.4) is 0 Å². The molecule has 3 N–H and O–H groups in total. The Labute approximate surface area is 123 Å². The Morgan fingerprint density at radius 2 is 2.05 bits per heavy atom. The molecule has 108 valence electrons. The maximum atomic E-state index is 12.0. The minimum absolute atomic E-state index is 0.576. The largest absolute Gasteiger partial charge is 0.369 e. The van der Waals surface area contributed by atoms with Crippen LogP contribution in [-0.4, -0.2) is 22.7 Å². The third-order valence-electron chi connectivity index (χ3n) is 3.44. The fourth-order valence-corrected chi connectivity index (χ4v) is 2.48. The lowest BCUT2D eigenvalue weighted by molar-refractivity contribution is -0.133. The Balaban J connectivity index is 2.23. The fraction of sp³-hybridized carbons (Fsp3) is 0.188. The standard InChI is InChI=1S/C16H17N3O2/c1-2-14(20)19(16(17)18)15(21)10-9-12-6-3-5-11-7-4-8-13(11)12/h2-3,5-6,9-10H,1,4,7-8H2,(H3,17,18). The zero-order valence-electron chi connectivity index (χ0n) is 11.6. The van der Waals surface area contributed by atoms with Crippen molar-refractivity contribution in [3.63, 3.8) is 0 Å². The molecule has 2 rings (SSSR count). The number of rotatable bonds is 3. The lowest BCUT2D eigenvalue weighted by Gasteiger charge is -2.14. The number of nitrogens with one attached hydrogen (secondary N) is 1. The second-order valence-electron chi connectivity index (χ2n) is 4.77. The average Bonchev–Trinajstić information content (AvgIpc) is 2.93. The summed E-state index contributed by atoms with van der Waals surface area (Å²) in [6, 6.07) is 5.97. The topological polar surface area (TPSA) is 87.2 Å². The van der Waals surface area contributed by atoms with Crippen molar-refractivity contribution in [2.45, 2.75) is 19.3 Å². The first-order valence-electron chi connectivity index (χ1n) is 6.68. The van der Waals surface area contributed by atoms with Crippen LogP contribution in [0.25, 0.3) is 6.08 Å². The predicted molar refractivity (Wildman–Crippen MR) is 81.5 cm³/mol. The molecule has 1 aromatic rings. The number of carbonyl (C=O) groups excluding carboxylic acids is 2. The van der Waals surface area contributed by atoms with Crippen LogP contribution in [0.4, 0.5) is 0 Å². The number of benzene rings is 1. The summed E-state index contributed by atoms with van der Waals surface area (Å²) in [5, 5.41) is 7.30. The Bertz CT molecular complexity index is 647. The van der Waals surface area contributed by atoms with E-state index in [1.807, 2.05) is 12.1 Å². The number of imide groups is 1. The second kappa shape index (κ2) is 6.17. The molecule has 21 heavy (non-hydrogen) atoms. The molecular weight excluding hydrogens is 266 g/mol. The lowest BCUT2D eigenvalue weighted by atomic mass is 10.0. The Kier molecular flexibility index (Phi) is 4.33. The number of carbonyl (C=O) groups is 2. The molecule has 0 radical (unpaired) electrons. The van der Waals surface area contributed by atoms with Crippen molar-refractivity contribution in [3.05, 3.63) is 53.6 Å². The van der Waals surface area contributed by atoms with Gasteiger partial charge in [0.1, 0.15) is 0 Å².